The topological polar surface area (TPSA) is 43.4 Å². The second-order valence-corrected chi connectivity index (χ2v) is 5.24. The number of rotatable bonds is 9. The van der Waals surface area contributed by atoms with E-state index in [1.165, 1.54) is 0 Å². The van der Waals surface area contributed by atoms with Crippen molar-refractivity contribution in [3.05, 3.63) is 16.6 Å². The summed E-state index contributed by atoms with van der Waals surface area (Å²) in [6.07, 6.45) is 2.79. The lowest BCUT2D eigenvalue weighted by molar-refractivity contribution is 0.101. The Morgan fingerprint density at radius 1 is 1.35 bits per heavy atom. The fraction of sp³-hybridized carbons (Fsp3) is 0.750. The molecule has 0 spiro atoms. The second-order valence-electron chi connectivity index (χ2n) is 4.35. The van der Waals surface area contributed by atoms with Crippen LogP contribution >= 0.6 is 11.3 Å². The molecule has 5 heteroatoms. The van der Waals surface area contributed by atoms with Gasteiger partial charge in [-0.2, -0.15) is 0 Å². The lowest BCUT2D eigenvalue weighted by atomic mass is 10.1. The number of ether oxygens (including phenoxy) is 2. The Morgan fingerprint density at radius 2 is 2.18 bits per heavy atom. The van der Waals surface area contributed by atoms with Gasteiger partial charge < -0.3 is 14.8 Å². The minimum atomic E-state index is -0.0793. The predicted octanol–water partition coefficient (Wildman–Crippen LogP) is 2.02. The maximum atomic E-state index is 5.49. The van der Waals surface area contributed by atoms with Crippen LogP contribution in [0.15, 0.2) is 11.6 Å². The van der Waals surface area contributed by atoms with Gasteiger partial charge >= 0.3 is 0 Å². The maximum Gasteiger partial charge on any atom is 0.112 e. The first kappa shape index (κ1) is 14.6. The van der Waals surface area contributed by atoms with Gasteiger partial charge in [0.05, 0.1) is 12.1 Å². The van der Waals surface area contributed by atoms with Crippen molar-refractivity contribution in [2.24, 2.45) is 0 Å². The summed E-state index contributed by atoms with van der Waals surface area (Å²) in [5, 5.41) is 6.55. The zero-order chi connectivity index (χ0) is 12.6. The van der Waals surface area contributed by atoms with Crippen LogP contribution in [0.5, 0.6) is 0 Å². The van der Waals surface area contributed by atoms with E-state index in [2.05, 4.69) is 24.1 Å². The largest absolute Gasteiger partial charge is 0.385 e. The number of aromatic nitrogens is 1. The van der Waals surface area contributed by atoms with Crippen molar-refractivity contribution < 1.29 is 9.47 Å². The molecular weight excluding hydrogens is 236 g/mol. The highest BCUT2D eigenvalue weighted by Crippen LogP contribution is 2.21. The van der Waals surface area contributed by atoms with E-state index in [1.807, 2.05) is 11.6 Å². The van der Waals surface area contributed by atoms with Gasteiger partial charge in [-0.25, -0.2) is 4.98 Å². The van der Waals surface area contributed by atoms with Crippen molar-refractivity contribution in [3.63, 3.8) is 0 Å². The standard InChI is InChI=1S/C12H22N2O2S/c1-12(2,11-13-6-10-17-11)14-5-9-16-8-4-7-15-3/h6,10,14H,4-5,7-9H2,1-3H3. The van der Waals surface area contributed by atoms with E-state index in [9.17, 15) is 0 Å². The zero-order valence-electron chi connectivity index (χ0n) is 10.9. The molecule has 4 nitrogen and oxygen atoms in total. The Morgan fingerprint density at radius 3 is 2.82 bits per heavy atom. The summed E-state index contributed by atoms with van der Waals surface area (Å²) in [6, 6.07) is 0. The van der Waals surface area contributed by atoms with Crippen LogP contribution in [0, 0.1) is 0 Å². The van der Waals surface area contributed by atoms with E-state index in [0.29, 0.717) is 0 Å². The van der Waals surface area contributed by atoms with Crippen LogP contribution in [-0.2, 0) is 15.0 Å². The summed E-state index contributed by atoms with van der Waals surface area (Å²) in [4.78, 5) is 4.33. The molecule has 0 radical (unpaired) electrons. The van der Waals surface area contributed by atoms with Gasteiger partial charge in [0.1, 0.15) is 5.01 Å². The molecule has 0 saturated carbocycles. The highest BCUT2D eigenvalue weighted by molar-refractivity contribution is 7.09. The number of nitrogens with zero attached hydrogens (tertiary/aromatic N) is 1. The van der Waals surface area contributed by atoms with Crippen LogP contribution in [-0.4, -0.2) is 38.5 Å². The third-order valence-corrected chi connectivity index (χ3v) is 3.51. The van der Waals surface area contributed by atoms with Crippen LogP contribution in [0.4, 0.5) is 0 Å². The molecule has 0 fully saturated rings. The first-order valence-corrected chi connectivity index (χ1v) is 6.76. The van der Waals surface area contributed by atoms with Gasteiger partial charge in [-0.3, -0.25) is 0 Å². The molecule has 0 unspecified atom stereocenters. The Bertz CT molecular complexity index is 289. The van der Waals surface area contributed by atoms with Crippen LogP contribution in [0.2, 0.25) is 0 Å². The fourth-order valence-electron chi connectivity index (χ4n) is 1.45. The normalized spacial score (nSPS) is 11.9. The summed E-state index contributed by atoms with van der Waals surface area (Å²) < 4.78 is 10.4. The van der Waals surface area contributed by atoms with Gasteiger partial charge in [-0.15, -0.1) is 11.3 Å². The van der Waals surface area contributed by atoms with Gasteiger partial charge in [0.25, 0.3) is 0 Å². The molecule has 17 heavy (non-hydrogen) atoms. The molecule has 0 saturated heterocycles. The van der Waals surface area contributed by atoms with E-state index in [0.717, 1.165) is 37.8 Å². The summed E-state index contributed by atoms with van der Waals surface area (Å²) in [7, 11) is 1.71. The lowest BCUT2D eigenvalue weighted by Crippen LogP contribution is -2.38. The minimum Gasteiger partial charge on any atom is -0.385 e. The average molecular weight is 258 g/mol. The van der Waals surface area contributed by atoms with Gasteiger partial charge in [0.15, 0.2) is 0 Å². The number of methoxy groups -OCH3 is 1. The molecule has 1 N–H and O–H groups in total. The predicted molar refractivity (Wildman–Crippen MR) is 70.5 cm³/mol. The van der Waals surface area contributed by atoms with Crippen molar-refractivity contribution in [1.29, 1.82) is 0 Å². The maximum absolute atomic E-state index is 5.49. The molecule has 0 aliphatic carbocycles. The van der Waals surface area contributed by atoms with Gasteiger partial charge in [-0.05, 0) is 20.3 Å². The van der Waals surface area contributed by atoms with E-state index >= 15 is 0 Å². The van der Waals surface area contributed by atoms with E-state index in [1.54, 1.807) is 18.4 Å². The van der Waals surface area contributed by atoms with Crippen LogP contribution in [0.25, 0.3) is 0 Å². The third kappa shape index (κ3) is 5.59. The van der Waals surface area contributed by atoms with E-state index in [-0.39, 0.29) is 5.54 Å². The average Bonchev–Trinajstić information content (AvgIpc) is 2.82. The molecule has 0 aliphatic heterocycles. The van der Waals surface area contributed by atoms with Crippen LogP contribution in [0.1, 0.15) is 25.3 Å². The number of hydrogen-bond acceptors (Lipinski definition) is 5. The van der Waals surface area contributed by atoms with Crippen molar-refractivity contribution in [3.8, 4) is 0 Å². The van der Waals surface area contributed by atoms with Crippen molar-refractivity contribution in [2.75, 3.05) is 33.5 Å². The third-order valence-electron chi connectivity index (χ3n) is 2.42. The highest BCUT2D eigenvalue weighted by atomic mass is 32.1. The second kappa shape index (κ2) is 7.76. The first-order chi connectivity index (χ1) is 8.17. The molecule has 1 aromatic rings. The molecule has 0 aromatic carbocycles. The Labute approximate surface area is 107 Å². The molecule has 1 heterocycles. The van der Waals surface area contributed by atoms with E-state index in [4.69, 9.17) is 9.47 Å². The Hall–Kier alpha value is -0.490. The Kier molecular flexibility index (Phi) is 6.65. The zero-order valence-corrected chi connectivity index (χ0v) is 11.7. The van der Waals surface area contributed by atoms with Gasteiger partial charge in [-0.1, -0.05) is 0 Å². The molecule has 0 aliphatic rings. The molecule has 98 valence electrons. The molecule has 1 aromatic heterocycles. The molecular formula is C12H22N2O2S. The summed E-state index contributed by atoms with van der Waals surface area (Å²) in [6.45, 7) is 7.34. The number of thiazole rings is 1. The van der Waals surface area contributed by atoms with Crippen molar-refractivity contribution in [2.45, 2.75) is 25.8 Å². The van der Waals surface area contributed by atoms with E-state index < -0.39 is 0 Å². The van der Waals surface area contributed by atoms with Crippen molar-refractivity contribution in [1.82, 2.24) is 10.3 Å². The Balaban J connectivity index is 2.10. The van der Waals surface area contributed by atoms with Crippen LogP contribution in [0.3, 0.4) is 0 Å². The van der Waals surface area contributed by atoms with Gasteiger partial charge in [0.2, 0.25) is 0 Å². The molecule has 0 atom stereocenters. The monoisotopic (exact) mass is 258 g/mol. The number of hydrogen-bond donors (Lipinski definition) is 1. The molecule has 0 bridgehead atoms. The fourth-order valence-corrected chi connectivity index (χ4v) is 2.19. The van der Waals surface area contributed by atoms with Crippen molar-refractivity contribution >= 4 is 11.3 Å². The lowest BCUT2D eigenvalue weighted by Gasteiger charge is -2.23. The summed E-state index contributed by atoms with van der Waals surface area (Å²) >= 11 is 1.67. The first-order valence-electron chi connectivity index (χ1n) is 5.88. The summed E-state index contributed by atoms with van der Waals surface area (Å²) in [5.41, 5.74) is -0.0793. The SMILES string of the molecule is COCCCOCCNC(C)(C)c1nccs1. The smallest absolute Gasteiger partial charge is 0.112 e. The highest BCUT2D eigenvalue weighted by Gasteiger charge is 2.21. The molecule has 0 amide bonds. The summed E-state index contributed by atoms with van der Waals surface area (Å²) in [5.74, 6) is 0. The van der Waals surface area contributed by atoms with Gasteiger partial charge in [0, 0.05) is 38.4 Å². The minimum absolute atomic E-state index is 0.0793. The number of nitrogens with one attached hydrogen (secondary N) is 1. The quantitative estimate of drug-likeness (QED) is 0.688. The van der Waals surface area contributed by atoms with Crippen LogP contribution < -0.4 is 5.32 Å². The molecule has 1 rings (SSSR count).